The zero-order chi connectivity index (χ0) is 18.2. The number of benzene rings is 2. The lowest BCUT2D eigenvalue weighted by Crippen LogP contribution is -2.39. The normalized spacial score (nSPS) is 20.7. The van der Waals surface area contributed by atoms with Crippen molar-refractivity contribution in [2.75, 3.05) is 37.7 Å². The molecule has 0 bridgehead atoms. The highest BCUT2D eigenvalue weighted by Crippen LogP contribution is 2.38. The second-order valence-electron chi connectivity index (χ2n) is 7.45. The van der Waals surface area contributed by atoms with Crippen molar-refractivity contribution in [1.29, 1.82) is 0 Å². The van der Waals surface area contributed by atoms with Crippen LogP contribution in [0.25, 0.3) is 0 Å². The number of amides is 1. The van der Waals surface area contributed by atoms with Crippen LogP contribution in [0.4, 0.5) is 5.69 Å². The SMILES string of the molecule is O=C(CN1CCc2ccccc21)N1CCCC1c1ccc2c(c1)OCCO2. The van der Waals surface area contributed by atoms with Gasteiger partial charge in [-0.2, -0.15) is 0 Å². The lowest BCUT2D eigenvalue weighted by Gasteiger charge is -2.29. The first-order valence-corrected chi connectivity index (χ1v) is 9.81. The molecule has 1 saturated heterocycles. The van der Waals surface area contributed by atoms with Crippen LogP contribution in [0.5, 0.6) is 11.5 Å². The fourth-order valence-electron chi connectivity index (χ4n) is 4.50. The number of ether oxygens (including phenoxy) is 2. The maximum Gasteiger partial charge on any atom is 0.242 e. The summed E-state index contributed by atoms with van der Waals surface area (Å²) in [5, 5.41) is 0. The average Bonchev–Trinajstić information content (AvgIpc) is 3.35. The Balaban J connectivity index is 1.33. The van der Waals surface area contributed by atoms with Crippen LogP contribution in [-0.2, 0) is 11.2 Å². The molecular weight excluding hydrogens is 340 g/mol. The van der Waals surface area contributed by atoms with E-state index >= 15 is 0 Å². The van der Waals surface area contributed by atoms with Crippen LogP contribution in [0.3, 0.4) is 0 Å². The predicted molar refractivity (Wildman–Crippen MR) is 103 cm³/mol. The first-order valence-electron chi connectivity index (χ1n) is 9.81. The fraction of sp³-hybridized carbons (Fsp3) is 0.409. The number of carbonyl (C=O) groups excluding carboxylic acids is 1. The van der Waals surface area contributed by atoms with Gasteiger partial charge in [0.25, 0.3) is 0 Å². The van der Waals surface area contributed by atoms with E-state index in [0.29, 0.717) is 19.8 Å². The zero-order valence-corrected chi connectivity index (χ0v) is 15.4. The summed E-state index contributed by atoms with van der Waals surface area (Å²) in [4.78, 5) is 17.4. The summed E-state index contributed by atoms with van der Waals surface area (Å²) in [5.41, 5.74) is 3.70. The van der Waals surface area contributed by atoms with Gasteiger partial charge >= 0.3 is 0 Å². The molecule has 3 aliphatic rings. The zero-order valence-electron chi connectivity index (χ0n) is 15.4. The van der Waals surface area contributed by atoms with Crippen LogP contribution in [-0.4, -0.2) is 43.7 Å². The highest BCUT2D eigenvalue weighted by molar-refractivity contribution is 5.83. The van der Waals surface area contributed by atoms with Crippen molar-refractivity contribution in [3.8, 4) is 11.5 Å². The molecule has 140 valence electrons. The molecule has 27 heavy (non-hydrogen) atoms. The number of nitrogens with zero attached hydrogens (tertiary/aromatic N) is 2. The molecule has 1 unspecified atom stereocenters. The molecule has 0 aliphatic carbocycles. The molecule has 0 radical (unpaired) electrons. The van der Waals surface area contributed by atoms with Gasteiger partial charge in [0.15, 0.2) is 11.5 Å². The Morgan fingerprint density at radius 2 is 1.89 bits per heavy atom. The number of hydrogen-bond donors (Lipinski definition) is 0. The molecule has 0 saturated carbocycles. The maximum atomic E-state index is 13.1. The van der Waals surface area contributed by atoms with E-state index in [2.05, 4.69) is 41.3 Å². The monoisotopic (exact) mass is 364 g/mol. The molecule has 5 nitrogen and oxygen atoms in total. The molecule has 1 fully saturated rings. The van der Waals surface area contributed by atoms with Crippen LogP contribution in [0.15, 0.2) is 42.5 Å². The second-order valence-corrected chi connectivity index (χ2v) is 7.45. The Kier molecular flexibility index (Phi) is 4.15. The third kappa shape index (κ3) is 3.01. The Hall–Kier alpha value is -2.69. The molecule has 1 amide bonds. The van der Waals surface area contributed by atoms with Gasteiger partial charge in [-0.3, -0.25) is 4.79 Å². The summed E-state index contributed by atoms with van der Waals surface area (Å²) < 4.78 is 11.4. The van der Waals surface area contributed by atoms with Crippen LogP contribution in [0.2, 0.25) is 0 Å². The summed E-state index contributed by atoms with van der Waals surface area (Å²) in [6.45, 7) is 3.38. The van der Waals surface area contributed by atoms with Crippen molar-refractivity contribution in [1.82, 2.24) is 4.90 Å². The Morgan fingerprint density at radius 1 is 1.04 bits per heavy atom. The maximum absolute atomic E-state index is 13.1. The van der Waals surface area contributed by atoms with E-state index in [4.69, 9.17) is 9.47 Å². The summed E-state index contributed by atoms with van der Waals surface area (Å²) >= 11 is 0. The molecule has 2 aromatic carbocycles. The Bertz CT molecular complexity index is 866. The molecule has 1 atom stereocenters. The molecule has 5 rings (SSSR count). The van der Waals surface area contributed by atoms with E-state index in [9.17, 15) is 4.79 Å². The fourth-order valence-corrected chi connectivity index (χ4v) is 4.50. The van der Waals surface area contributed by atoms with Crippen LogP contribution >= 0.6 is 0 Å². The lowest BCUT2D eigenvalue weighted by atomic mass is 10.0. The topological polar surface area (TPSA) is 42.0 Å². The first kappa shape index (κ1) is 16.5. The van der Waals surface area contributed by atoms with Crippen molar-refractivity contribution >= 4 is 11.6 Å². The summed E-state index contributed by atoms with van der Waals surface area (Å²) in [6.07, 6.45) is 3.07. The van der Waals surface area contributed by atoms with Gasteiger partial charge in [-0.05, 0) is 48.6 Å². The van der Waals surface area contributed by atoms with Gasteiger partial charge in [0.2, 0.25) is 5.91 Å². The third-order valence-corrected chi connectivity index (χ3v) is 5.83. The van der Waals surface area contributed by atoms with Crippen molar-refractivity contribution in [2.45, 2.75) is 25.3 Å². The third-order valence-electron chi connectivity index (χ3n) is 5.83. The highest BCUT2D eigenvalue weighted by Gasteiger charge is 2.32. The van der Waals surface area contributed by atoms with E-state index in [1.165, 1.54) is 11.3 Å². The number of rotatable bonds is 3. The van der Waals surface area contributed by atoms with E-state index < -0.39 is 0 Å². The minimum Gasteiger partial charge on any atom is -0.486 e. The number of anilines is 1. The van der Waals surface area contributed by atoms with Gasteiger partial charge in [-0.1, -0.05) is 24.3 Å². The minimum absolute atomic E-state index is 0.131. The van der Waals surface area contributed by atoms with Gasteiger partial charge in [0.1, 0.15) is 13.2 Å². The van der Waals surface area contributed by atoms with E-state index in [1.807, 2.05) is 11.0 Å². The van der Waals surface area contributed by atoms with E-state index in [0.717, 1.165) is 49.4 Å². The minimum atomic E-state index is 0.131. The van der Waals surface area contributed by atoms with Gasteiger partial charge < -0.3 is 19.3 Å². The molecule has 0 N–H and O–H groups in total. The molecule has 3 heterocycles. The molecule has 3 aliphatic heterocycles. The number of para-hydroxylation sites is 1. The standard InChI is InChI=1S/C22H24N2O3/c25-22(15-23-11-9-16-4-1-2-5-18(16)23)24-10-3-6-19(24)17-7-8-20-21(14-17)27-13-12-26-20/h1-2,4-5,7-8,14,19H,3,6,9-13,15H2. The Morgan fingerprint density at radius 3 is 2.81 bits per heavy atom. The van der Waals surface area contributed by atoms with Crippen molar-refractivity contribution in [2.24, 2.45) is 0 Å². The molecule has 0 aromatic heterocycles. The summed E-state index contributed by atoms with van der Waals surface area (Å²) in [7, 11) is 0. The molecule has 0 spiro atoms. The van der Waals surface area contributed by atoms with Gasteiger partial charge in [-0.25, -0.2) is 0 Å². The average molecular weight is 364 g/mol. The van der Waals surface area contributed by atoms with Gasteiger partial charge in [0.05, 0.1) is 12.6 Å². The highest BCUT2D eigenvalue weighted by atomic mass is 16.6. The first-order chi connectivity index (χ1) is 13.3. The number of carbonyl (C=O) groups is 1. The smallest absolute Gasteiger partial charge is 0.242 e. The molecular formula is C22H24N2O3. The number of likely N-dealkylation sites (tertiary alicyclic amines) is 1. The predicted octanol–water partition coefficient (Wildman–Crippen LogP) is 3.18. The van der Waals surface area contributed by atoms with Crippen LogP contribution in [0, 0.1) is 0 Å². The van der Waals surface area contributed by atoms with Crippen molar-refractivity contribution in [3.63, 3.8) is 0 Å². The van der Waals surface area contributed by atoms with Crippen LogP contribution < -0.4 is 14.4 Å². The van der Waals surface area contributed by atoms with Crippen molar-refractivity contribution in [3.05, 3.63) is 53.6 Å². The Labute approximate surface area is 159 Å². The van der Waals surface area contributed by atoms with E-state index in [1.54, 1.807) is 0 Å². The number of hydrogen-bond acceptors (Lipinski definition) is 4. The largest absolute Gasteiger partial charge is 0.486 e. The second kappa shape index (κ2) is 6.80. The van der Waals surface area contributed by atoms with E-state index in [-0.39, 0.29) is 11.9 Å². The van der Waals surface area contributed by atoms with Crippen molar-refractivity contribution < 1.29 is 14.3 Å². The van der Waals surface area contributed by atoms with Gasteiger partial charge in [0, 0.05) is 18.8 Å². The summed E-state index contributed by atoms with van der Waals surface area (Å²) in [5.74, 6) is 1.81. The quantitative estimate of drug-likeness (QED) is 0.839. The summed E-state index contributed by atoms with van der Waals surface area (Å²) in [6, 6.07) is 14.6. The lowest BCUT2D eigenvalue weighted by molar-refractivity contribution is -0.130. The number of fused-ring (bicyclic) bond motifs is 2. The van der Waals surface area contributed by atoms with Crippen LogP contribution in [0.1, 0.15) is 30.0 Å². The van der Waals surface area contributed by atoms with Gasteiger partial charge in [-0.15, -0.1) is 0 Å². The molecule has 5 heteroatoms. The molecule has 2 aromatic rings.